The van der Waals surface area contributed by atoms with Crippen LogP contribution in [0.3, 0.4) is 0 Å². The van der Waals surface area contributed by atoms with E-state index in [9.17, 15) is 5.11 Å². The predicted molar refractivity (Wildman–Crippen MR) is 46.0 cm³/mol. The van der Waals surface area contributed by atoms with Crippen LogP contribution in [0, 0.1) is 5.92 Å². The molecule has 3 heteroatoms. The van der Waals surface area contributed by atoms with E-state index in [0.29, 0.717) is 13.2 Å². The minimum absolute atomic E-state index is 0.252. The minimum Gasteiger partial charge on any atom is -0.387 e. The van der Waals surface area contributed by atoms with Gasteiger partial charge < -0.3 is 14.6 Å². The maximum Gasteiger partial charge on any atom is 0.0928 e. The molecule has 3 nitrogen and oxygen atoms in total. The van der Waals surface area contributed by atoms with E-state index >= 15 is 0 Å². The molecule has 12 heavy (non-hydrogen) atoms. The van der Waals surface area contributed by atoms with Crippen molar-refractivity contribution in [2.75, 3.05) is 26.9 Å². The molecule has 1 fully saturated rings. The van der Waals surface area contributed by atoms with E-state index in [1.165, 1.54) is 0 Å². The van der Waals surface area contributed by atoms with E-state index in [-0.39, 0.29) is 5.92 Å². The number of ether oxygens (including phenoxy) is 2. The van der Waals surface area contributed by atoms with Gasteiger partial charge in [-0.3, -0.25) is 0 Å². The Morgan fingerprint density at radius 3 is 2.83 bits per heavy atom. The maximum atomic E-state index is 10.1. The lowest BCUT2D eigenvalue weighted by Crippen LogP contribution is -2.42. The molecule has 0 saturated carbocycles. The lowest BCUT2D eigenvalue weighted by atomic mass is 9.85. The van der Waals surface area contributed by atoms with E-state index in [4.69, 9.17) is 9.47 Å². The number of aliphatic hydroxyl groups is 1. The summed E-state index contributed by atoms with van der Waals surface area (Å²) < 4.78 is 10.2. The zero-order chi connectivity index (χ0) is 9.03. The monoisotopic (exact) mass is 174 g/mol. The second-order valence-corrected chi connectivity index (χ2v) is 3.45. The fourth-order valence-corrected chi connectivity index (χ4v) is 1.72. The molecule has 1 N–H and O–H groups in total. The highest BCUT2D eigenvalue weighted by molar-refractivity contribution is 4.87. The molecule has 0 aliphatic carbocycles. The third-order valence-electron chi connectivity index (χ3n) is 2.70. The van der Waals surface area contributed by atoms with Crippen LogP contribution in [-0.4, -0.2) is 37.6 Å². The summed E-state index contributed by atoms with van der Waals surface area (Å²) in [5.74, 6) is 0.252. The Labute approximate surface area is 73.7 Å². The van der Waals surface area contributed by atoms with E-state index in [0.717, 1.165) is 19.4 Å². The number of hydrogen-bond donors (Lipinski definition) is 1. The first-order chi connectivity index (χ1) is 5.73. The van der Waals surface area contributed by atoms with Crippen molar-refractivity contribution in [1.82, 2.24) is 0 Å². The van der Waals surface area contributed by atoms with Crippen LogP contribution in [0.5, 0.6) is 0 Å². The van der Waals surface area contributed by atoms with Crippen LogP contribution in [0.4, 0.5) is 0 Å². The predicted octanol–water partition coefficient (Wildman–Crippen LogP) is 0.810. The summed E-state index contributed by atoms with van der Waals surface area (Å²) in [5.41, 5.74) is -0.675. The standard InChI is InChI=1S/C9H18O3/c1-3-9(10,7-11-2)8-4-5-12-6-8/h8,10H,3-7H2,1-2H3. The van der Waals surface area contributed by atoms with Gasteiger partial charge in [-0.15, -0.1) is 0 Å². The normalized spacial score (nSPS) is 28.8. The van der Waals surface area contributed by atoms with Gasteiger partial charge in [-0.25, -0.2) is 0 Å². The van der Waals surface area contributed by atoms with Crippen LogP contribution < -0.4 is 0 Å². The van der Waals surface area contributed by atoms with Crippen LogP contribution in [0.25, 0.3) is 0 Å². The lowest BCUT2D eigenvalue weighted by Gasteiger charge is -2.31. The third kappa shape index (κ3) is 1.97. The van der Waals surface area contributed by atoms with Gasteiger partial charge in [0.25, 0.3) is 0 Å². The number of hydrogen-bond acceptors (Lipinski definition) is 3. The Balaban J connectivity index is 2.51. The summed E-state index contributed by atoms with van der Waals surface area (Å²) in [7, 11) is 1.62. The maximum absolute atomic E-state index is 10.1. The molecule has 1 saturated heterocycles. The second kappa shape index (κ2) is 4.21. The van der Waals surface area contributed by atoms with Gasteiger partial charge in [-0.1, -0.05) is 6.92 Å². The Bertz CT molecular complexity index is 132. The smallest absolute Gasteiger partial charge is 0.0928 e. The average Bonchev–Trinajstić information content (AvgIpc) is 2.57. The summed E-state index contributed by atoms with van der Waals surface area (Å²) in [6.45, 7) is 3.85. The van der Waals surface area contributed by atoms with Gasteiger partial charge in [0.1, 0.15) is 0 Å². The fraction of sp³-hybridized carbons (Fsp3) is 1.00. The molecule has 2 unspecified atom stereocenters. The Kier molecular flexibility index (Phi) is 3.50. The molecular formula is C9H18O3. The van der Waals surface area contributed by atoms with Crippen LogP contribution in [-0.2, 0) is 9.47 Å². The highest BCUT2D eigenvalue weighted by atomic mass is 16.5. The van der Waals surface area contributed by atoms with E-state index < -0.39 is 5.60 Å². The van der Waals surface area contributed by atoms with Crippen molar-refractivity contribution in [3.05, 3.63) is 0 Å². The largest absolute Gasteiger partial charge is 0.387 e. The van der Waals surface area contributed by atoms with Crippen molar-refractivity contribution in [2.45, 2.75) is 25.4 Å². The molecule has 1 aliphatic heterocycles. The van der Waals surface area contributed by atoms with Gasteiger partial charge in [0.2, 0.25) is 0 Å². The third-order valence-corrected chi connectivity index (χ3v) is 2.70. The molecule has 0 amide bonds. The van der Waals surface area contributed by atoms with Crippen molar-refractivity contribution in [1.29, 1.82) is 0 Å². The zero-order valence-corrected chi connectivity index (χ0v) is 7.88. The van der Waals surface area contributed by atoms with E-state index in [1.54, 1.807) is 7.11 Å². The fourth-order valence-electron chi connectivity index (χ4n) is 1.72. The number of rotatable bonds is 4. The molecular weight excluding hydrogens is 156 g/mol. The molecule has 0 spiro atoms. The van der Waals surface area contributed by atoms with E-state index in [2.05, 4.69) is 0 Å². The molecule has 72 valence electrons. The van der Waals surface area contributed by atoms with Crippen LogP contribution in [0.2, 0.25) is 0 Å². The quantitative estimate of drug-likeness (QED) is 0.685. The summed E-state index contributed by atoms with van der Waals surface area (Å²) >= 11 is 0. The van der Waals surface area contributed by atoms with E-state index in [1.807, 2.05) is 6.92 Å². The van der Waals surface area contributed by atoms with Crippen LogP contribution in [0.15, 0.2) is 0 Å². The molecule has 1 aliphatic rings. The van der Waals surface area contributed by atoms with Crippen molar-refractivity contribution >= 4 is 0 Å². The molecule has 0 aromatic heterocycles. The molecule has 0 aromatic rings. The Morgan fingerprint density at radius 1 is 1.67 bits per heavy atom. The SMILES string of the molecule is CCC(O)(COC)C1CCOC1. The second-order valence-electron chi connectivity index (χ2n) is 3.45. The molecule has 0 bridgehead atoms. The van der Waals surface area contributed by atoms with Gasteiger partial charge in [-0.2, -0.15) is 0 Å². The molecule has 2 atom stereocenters. The van der Waals surface area contributed by atoms with Crippen molar-refractivity contribution < 1.29 is 14.6 Å². The van der Waals surface area contributed by atoms with Crippen molar-refractivity contribution in [3.8, 4) is 0 Å². The first-order valence-corrected chi connectivity index (χ1v) is 4.52. The van der Waals surface area contributed by atoms with Crippen molar-refractivity contribution in [3.63, 3.8) is 0 Å². The minimum atomic E-state index is -0.675. The number of methoxy groups -OCH3 is 1. The van der Waals surface area contributed by atoms with Gasteiger partial charge in [-0.05, 0) is 12.8 Å². The van der Waals surface area contributed by atoms with Crippen LogP contribution in [0.1, 0.15) is 19.8 Å². The Morgan fingerprint density at radius 2 is 2.42 bits per heavy atom. The highest BCUT2D eigenvalue weighted by Crippen LogP contribution is 2.28. The molecule has 0 aromatic carbocycles. The van der Waals surface area contributed by atoms with Gasteiger partial charge in [0.05, 0.1) is 18.8 Å². The highest BCUT2D eigenvalue weighted by Gasteiger charge is 2.37. The lowest BCUT2D eigenvalue weighted by molar-refractivity contribution is -0.0773. The van der Waals surface area contributed by atoms with Gasteiger partial charge in [0, 0.05) is 19.6 Å². The molecule has 1 rings (SSSR count). The Hall–Kier alpha value is -0.120. The topological polar surface area (TPSA) is 38.7 Å². The van der Waals surface area contributed by atoms with Gasteiger partial charge in [0.15, 0.2) is 0 Å². The molecule has 1 heterocycles. The summed E-state index contributed by atoms with van der Waals surface area (Å²) in [5, 5.41) is 10.1. The average molecular weight is 174 g/mol. The first kappa shape index (κ1) is 9.96. The molecule has 0 radical (unpaired) electrons. The summed E-state index contributed by atoms with van der Waals surface area (Å²) in [6, 6.07) is 0. The van der Waals surface area contributed by atoms with Crippen LogP contribution >= 0.6 is 0 Å². The first-order valence-electron chi connectivity index (χ1n) is 4.52. The summed E-state index contributed by atoms with van der Waals surface area (Å²) in [4.78, 5) is 0. The zero-order valence-electron chi connectivity index (χ0n) is 7.88. The summed E-state index contributed by atoms with van der Waals surface area (Å²) in [6.07, 6.45) is 1.68. The van der Waals surface area contributed by atoms with Gasteiger partial charge >= 0.3 is 0 Å². The van der Waals surface area contributed by atoms with Crippen molar-refractivity contribution in [2.24, 2.45) is 5.92 Å².